The van der Waals surface area contributed by atoms with Crippen molar-refractivity contribution in [3.8, 4) is 66.8 Å². The van der Waals surface area contributed by atoms with Gasteiger partial charge in [0.1, 0.15) is 0 Å². The van der Waals surface area contributed by atoms with Gasteiger partial charge in [0.15, 0.2) is 0 Å². The third-order valence-corrected chi connectivity index (χ3v) is 18.5. The third kappa shape index (κ3) is 6.07. The second-order valence-electron chi connectivity index (χ2n) is 23.7. The Kier molecular flexibility index (Phi) is 9.09. The second kappa shape index (κ2) is 15.4. The van der Waals surface area contributed by atoms with Crippen LogP contribution in [0.4, 0.5) is 17.1 Å². The highest BCUT2D eigenvalue weighted by Gasteiger charge is 2.43. The summed E-state index contributed by atoms with van der Waals surface area (Å²) in [7, 11) is 0. The second-order valence-corrected chi connectivity index (χ2v) is 23.7. The van der Waals surface area contributed by atoms with Crippen LogP contribution in [0.3, 0.4) is 0 Å². The van der Waals surface area contributed by atoms with Gasteiger partial charge in [-0.15, -0.1) is 0 Å². The highest BCUT2D eigenvalue weighted by Crippen LogP contribution is 2.60. The Morgan fingerprint density at radius 1 is 0.333 bits per heavy atom. The fraction of sp³-hybridized carbons (Fsp3) is 0.162. The summed E-state index contributed by atoms with van der Waals surface area (Å²) in [5, 5.41) is 5.27. The molecule has 0 aromatic heterocycles. The van der Waals surface area contributed by atoms with E-state index < -0.39 is 0 Å². The number of hydrogen-bond acceptors (Lipinski definition) is 1. The number of fused-ring (bicyclic) bond motifs is 16. The molecule has 0 spiro atoms. The Labute approximate surface area is 441 Å². The molecule has 0 N–H and O–H groups in total. The van der Waals surface area contributed by atoms with Gasteiger partial charge >= 0.3 is 0 Å². The van der Waals surface area contributed by atoms with Crippen molar-refractivity contribution in [1.82, 2.24) is 0 Å². The van der Waals surface area contributed by atoms with Gasteiger partial charge in [0, 0.05) is 34.0 Å². The van der Waals surface area contributed by atoms with Gasteiger partial charge < -0.3 is 4.90 Å². The smallest absolute Gasteiger partial charge is 0.0503 e. The van der Waals surface area contributed by atoms with Gasteiger partial charge in [0.05, 0.1) is 5.69 Å². The summed E-state index contributed by atoms with van der Waals surface area (Å²) in [6.45, 7) is 19.1. The Morgan fingerprint density at radius 2 is 0.907 bits per heavy atom. The highest BCUT2D eigenvalue weighted by molar-refractivity contribution is 6.10. The van der Waals surface area contributed by atoms with Gasteiger partial charge in [-0.25, -0.2) is 0 Å². The minimum atomic E-state index is -0.262. The molecule has 0 aliphatic heterocycles. The maximum atomic E-state index is 2.61. The molecule has 0 heterocycles. The van der Waals surface area contributed by atoms with Crippen molar-refractivity contribution in [3.05, 3.63) is 256 Å². The number of nitrogens with zero attached hydrogens (tertiary/aromatic N) is 1. The molecule has 360 valence electrons. The SMILES string of the molecule is Cc1ccc(C)c(-c2cc3c(c4ccccc24)-c2ccc(N(c4ccc5c(c4)C(C)(C)c4cc6c(cc4-5)C(C)(C)c4ccc5ccccc5c4-6)c4cccc5c4Cc4c(-c6ccccc6)cccc4-5)cc2C3(C)C)c1. The summed E-state index contributed by atoms with van der Waals surface area (Å²) in [5.74, 6) is 0. The molecular weight excluding hydrogens is 903 g/mol. The van der Waals surface area contributed by atoms with Gasteiger partial charge in [-0.2, -0.15) is 0 Å². The molecule has 0 amide bonds. The maximum absolute atomic E-state index is 2.61. The van der Waals surface area contributed by atoms with Crippen molar-refractivity contribution in [2.45, 2.75) is 78.1 Å². The predicted molar refractivity (Wildman–Crippen MR) is 317 cm³/mol. The molecule has 11 aromatic carbocycles. The summed E-state index contributed by atoms with van der Waals surface area (Å²) < 4.78 is 0. The number of anilines is 3. The van der Waals surface area contributed by atoms with Crippen LogP contribution in [0.1, 0.15) is 97.2 Å². The molecule has 0 fully saturated rings. The van der Waals surface area contributed by atoms with Gasteiger partial charge in [-0.05, 0) is 201 Å². The Hall–Kier alpha value is -8.26. The van der Waals surface area contributed by atoms with Gasteiger partial charge in [0.2, 0.25) is 0 Å². The average molecular weight is 962 g/mol. The first kappa shape index (κ1) is 44.2. The molecule has 0 saturated carbocycles. The predicted octanol–water partition coefficient (Wildman–Crippen LogP) is 19.9. The number of benzene rings is 11. The molecule has 0 unspecified atom stereocenters. The van der Waals surface area contributed by atoms with Gasteiger partial charge in [-0.1, -0.05) is 199 Å². The Balaban J connectivity index is 0.921. The van der Waals surface area contributed by atoms with Crippen LogP contribution in [0.5, 0.6) is 0 Å². The van der Waals surface area contributed by atoms with Crippen LogP contribution in [0.25, 0.3) is 88.3 Å². The average Bonchev–Trinajstić information content (AvgIpc) is 4.10. The van der Waals surface area contributed by atoms with Crippen LogP contribution in [0, 0.1) is 13.8 Å². The molecule has 1 heteroatoms. The lowest BCUT2D eigenvalue weighted by Gasteiger charge is -2.31. The van der Waals surface area contributed by atoms with E-state index in [4.69, 9.17) is 0 Å². The van der Waals surface area contributed by atoms with Crippen LogP contribution < -0.4 is 4.90 Å². The molecule has 4 aliphatic carbocycles. The standard InChI is InChI=1S/C74H59N/c1-43-28-29-44(2)57(36-43)59-40-68-71(55-23-15-14-22-53(55)59)56-34-32-48(38-65(56)74(68,7)8)75(69-27-17-26-52-51-25-16-24-49(58(51)39-61(52)69)45-18-10-9-11-19-45)47-31-33-54-60-41-67-62(42-66(60)73(5,6)64(54)37-47)70-50-21-13-12-20-46(50)30-35-63(70)72(67,3)4/h9-38,40-42H,39H2,1-8H3. The summed E-state index contributed by atoms with van der Waals surface area (Å²) >= 11 is 0. The molecule has 1 nitrogen and oxygen atoms in total. The fourth-order valence-corrected chi connectivity index (χ4v) is 14.6. The van der Waals surface area contributed by atoms with E-state index >= 15 is 0 Å². The lowest BCUT2D eigenvalue weighted by molar-refractivity contribution is 0.652. The molecule has 15 rings (SSSR count). The summed E-state index contributed by atoms with van der Waals surface area (Å²) in [6.07, 6.45) is 0.858. The van der Waals surface area contributed by atoms with Crippen LogP contribution in [0.2, 0.25) is 0 Å². The first-order chi connectivity index (χ1) is 36.3. The van der Waals surface area contributed by atoms with E-state index in [1.807, 2.05) is 0 Å². The Morgan fingerprint density at radius 3 is 1.69 bits per heavy atom. The lowest BCUT2D eigenvalue weighted by atomic mass is 9.79. The molecule has 0 bridgehead atoms. The number of hydrogen-bond donors (Lipinski definition) is 0. The molecule has 75 heavy (non-hydrogen) atoms. The number of aryl methyl sites for hydroxylation is 2. The van der Waals surface area contributed by atoms with Crippen molar-refractivity contribution >= 4 is 38.6 Å². The minimum absolute atomic E-state index is 0.118. The van der Waals surface area contributed by atoms with Crippen LogP contribution >= 0.6 is 0 Å². The van der Waals surface area contributed by atoms with E-state index in [2.05, 4.69) is 260 Å². The van der Waals surface area contributed by atoms with Crippen LogP contribution in [-0.4, -0.2) is 0 Å². The van der Waals surface area contributed by atoms with Gasteiger partial charge in [0.25, 0.3) is 0 Å². The van der Waals surface area contributed by atoms with Crippen LogP contribution in [-0.2, 0) is 22.7 Å². The van der Waals surface area contributed by atoms with Crippen molar-refractivity contribution < 1.29 is 0 Å². The quantitative estimate of drug-likeness (QED) is 0.166. The number of rotatable bonds is 5. The largest absolute Gasteiger partial charge is 0.310 e. The molecule has 0 radical (unpaired) electrons. The van der Waals surface area contributed by atoms with E-state index in [0.29, 0.717) is 0 Å². The highest BCUT2D eigenvalue weighted by atomic mass is 15.1. The molecular formula is C74H59N. The van der Waals surface area contributed by atoms with Crippen molar-refractivity contribution in [2.75, 3.05) is 4.90 Å². The molecule has 4 aliphatic rings. The zero-order valence-electron chi connectivity index (χ0n) is 44.2. The van der Waals surface area contributed by atoms with E-state index in [9.17, 15) is 0 Å². The lowest BCUT2D eigenvalue weighted by Crippen LogP contribution is -2.19. The minimum Gasteiger partial charge on any atom is -0.310 e. The molecule has 0 saturated heterocycles. The molecule has 0 atom stereocenters. The van der Waals surface area contributed by atoms with Crippen LogP contribution in [0.15, 0.2) is 200 Å². The van der Waals surface area contributed by atoms with Crippen molar-refractivity contribution in [3.63, 3.8) is 0 Å². The first-order valence-corrected chi connectivity index (χ1v) is 27.0. The molecule has 11 aromatic rings. The third-order valence-electron chi connectivity index (χ3n) is 18.5. The zero-order valence-corrected chi connectivity index (χ0v) is 44.2. The van der Waals surface area contributed by atoms with Crippen molar-refractivity contribution in [2.24, 2.45) is 0 Å². The summed E-state index contributed by atoms with van der Waals surface area (Å²) in [6, 6.07) is 77.0. The summed E-state index contributed by atoms with van der Waals surface area (Å²) in [4.78, 5) is 2.61. The topological polar surface area (TPSA) is 3.24 Å². The fourth-order valence-electron chi connectivity index (χ4n) is 14.6. The van der Waals surface area contributed by atoms with E-state index in [-0.39, 0.29) is 16.2 Å². The van der Waals surface area contributed by atoms with Gasteiger partial charge in [-0.3, -0.25) is 0 Å². The maximum Gasteiger partial charge on any atom is 0.0503 e. The zero-order chi connectivity index (χ0) is 50.9. The van der Waals surface area contributed by atoms with E-state index in [1.54, 1.807) is 0 Å². The Bertz CT molecular complexity index is 4310. The van der Waals surface area contributed by atoms with E-state index in [1.165, 1.54) is 161 Å². The normalized spacial score (nSPS) is 15.2. The van der Waals surface area contributed by atoms with Crippen molar-refractivity contribution in [1.29, 1.82) is 0 Å². The first-order valence-electron chi connectivity index (χ1n) is 27.0. The monoisotopic (exact) mass is 961 g/mol. The summed E-state index contributed by atoms with van der Waals surface area (Å²) in [5.41, 5.74) is 32.8. The van der Waals surface area contributed by atoms with E-state index in [0.717, 1.165) is 6.42 Å².